The normalized spacial score (nSPS) is 16.1. The highest BCUT2D eigenvalue weighted by Gasteiger charge is 2.34. The van der Waals surface area contributed by atoms with Crippen LogP contribution >= 0.6 is 0 Å². The lowest BCUT2D eigenvalue weighted by molar-refractivity contribution is -0.148. The third-order valence-corrected chi connectivity index (χ3v) is 7.47. The van der Waals surface area contributed by atoms with Crippen molar-refractivity contribution in [3.63, 3.8) is 0 Å². The van der Waals surface area contributed by atoms with Gasteiger partial charge < -0.3 is 19.7 Å². The largest absolute Gasteiger partial charge is 0.465 e. The molecule has 1 fully saturated rings. The van der Waals surface area contributed by atoms with Gasteiger partial charge in [-0.05, 0) is 63.4 Å². The van der Waals surface area contributed by atoms with Gasteiger partial charge in [0.1, 0.15) is 17.3 Å². The minimum absolute atomic E-state index is 0.0541. The molecule has 0 amide bonds. The molecule has 3 heterocycles. The lowest BCUT2D eigenvalue weighted by atomic mass is 9.90. The first-order valence-electron chi connectivity index (χ1n) is 14.2. The molecule has 0 aliphatic carbocycles. The van der Waals surface area contributed by atoms with E-state index in [1.54, 1.807) is 17.6 Å². The molecule has 4 aromatic rings. The summed E-state index contributed by atoms with van der Waals surface area (Å²) >= 11 is 0. The van der Waals surface area contributed by atoms with Crippen molar-refractivity contribution < 1.29 is 14.3 Å². The molecule has 5 rings (SSSR count). The average Bonchev–Trinajstić information content (AvgIpc) is 3.62. The molecule has 0 bridgehead atoms. The van der Waals surface area contributed by atoms with Gasteiger partial charge in [0.15, 0.2) is 5.65 Å². The molecule has 1 aliphatic rings. The van der Waals surface area contributed by atoms with E-state index < -0.39 is 5.41 Å². The summed E-state index contributed by atoms with van der Waals surface area (Å²) in [7, 11) is 0. The molecule has 2 aromatic heterocycles. The fourth-order valence-electron chi connectivity index (χ4n) is 5.12. The van der Waals surface area contributed by atoms with E-state index in [1.807, 2.05) is 38.1 Å². The standard InChI is InChI=1S/C32H39N5O3/c1-4-39-31(38)32(2,3)27-23-37-29(34-27)17-16-28(35-37)33-19-11-20-36-21-18-26(22-36)40-30(24-12-7-5-8-13-24)25-14-9-6-10-15-25/h5-10,12-17,23,26,30H,4,11,18-22H2,1-3H3,(H,33,35). The molecule has 1 atom stereocenters. The van der Waals surface area contributed by atoms with Crippen LogP contribution in [0.15, 0.2) is 79.0 Å². The maximum Gasteiger partial charge on any atom is 0.317 e. The van der Waals surface area contributed by atoms with Gasteiger partial charge in [-0.15, -0.1) is 5.10 Å². The zero-order valence-corrected chi connectivity index (χ0v) is 23.6. The van der Waals surface area contributed by atoms with Gasteiger partial charge in [0.2, 0.25) is 0 Å². The summed E-state index contributed by atoms with van der Waals surface area (Å²) in [6.45, 7) is 9.59. The molecule has 0 spiro atoms. The number of nitrogens with one attached hydrogen (secondary N) is 1. The summed E-state index contributed by atoms with van der Waals surface area (Å²) in [5, 5.41) is 8.07. The maximum absolute atomic E-state index is 12.4. The molecule has 1 saturated heterocycles. The van der Waals surface area contributed by atoms with Crippen LogP contribution in [0.25, 0.3) is 5.65 Å². The van der Waals surface area contributed by atoms with Gasteiger partial charge in [-0.25, -0.2) is 9.50 Å². The molecule has 0 radical (unpaired) electrons. The molecular formula is C32H39N5O3. The van der Waals surface area contributed by atoms with Crippen LogP contribution in [0, 0.1) is 0 Å². The Labute approximate surface area is 236 Å². The number of carbonyl (C=O) groups is 1. The molecular weight excluding hydrogens is 502 g/mol. The van der Waals surface area contributed by atoms with Gasteiger partial charge in [-0.1, -0.05) is 60.7 Å². The number of nitrogens with zero attached hydrogens (tertiary/aromatic N) is 4. The van der Waals surface area contributed by atoms with Crippen LogP contribution < -0.4 is 5.32 Å². The number of rotatable bonds is 12. The number of esters is 1. The molecule has 1 unspecified atom stereocenters. The molecule has 0 saturated carbocycles. The highest BCUT2D eigenvalue weighted by molar-refractivity contribution is 5.81. The van der Waals surface area contributed by atoms with Crippen LogP contribution in [0.4, 0.5) is 5.82 Å². The molecule has 2 aromatic carbocycles. The van der Waals surface area contributed by atoms with Gasteiger partial charge in [0.25, 0.3) is 0 Å². The van der Waals surface area contributed by atoms with Crippen molar-refractivity contribution >= 4 is 17.4 Å². The van der Waals surface area contributed by atoms with Gasteiger partial charge in [-0.2, -0.15) is 0 Å². The fraction of sp³-hybridized carbons (Fsp3) is 0.406. The topological polar surface area (TPSA) is 81.0 Å². The number of carbonyl (C=O) groups excluding carboxylic acids is 1. The highest BCUT2D eigenvalue weighted by atomic mass is 16.5. The molecule has 210 valence electrons. The lowest BCUT2D eigenvalue weighted by Gasteiger charge is -2.23. The maximum atomic E-state index is 12.4. The van der Waals surface area contributed by atoms with Crippen LogP contribution in [0.2, 0.25) is 0 Å². The summed E-state index contributed by atoms with van der Waals surface area (Å²) in [5.74, 6) is 0.489. The number of fused-ring (bicyclic) bond motifs is 1. The van der Waals surface area contributed by atoms with E-state index in [1.165, 1.54) is 11.1 Å². The van der Waals surface area contributed by atoms with Crippen molar-refractivity contribution in [2.75, 3.05) is 38.1 Å². The predicted octanol–water partition coefficient (Wildman–Crippen LogP) is 5.25. The lowest BCUT2D eigenvalue weighted by Crippen LogP contribution is -2.31. The number of likely N-dealkylation sites (tertiary alicyclic amines) is 1. The van der Waals surface area contributed by atoms with Crippen molar-refractivity contribution in [1.29, 1.82) is 0 Å². The molecule has 1 N–H and O–H groups in total. The Balaban J connectivity index is 1.11. The number of benzene rings is 2. The SMILES string of the molecule is CCOC(=O)C(C)(C)c1cn2nc(NCCCN3CCC(OC(c4ccccc4)c4ccccc4)C3)ccc2n1. The monoisotopic (exact) mass is 541 g/mol. The number of aromatic nitrogens is 3. The van der Waals surface area contributed by atoms with Crippen molar-refractivity contribution in [3.05, 3.63) is 95.8 Å². The third kappa shape index (κ3) is 6.51. The van der Waals surface area contributed by atoms with Gasteiger partial charge in [-0.3, -0.25) is 4.79 Å². The van der Waals surface area contributed by atoms with E-state index in [9.17, 15) is 4.79 Å². The minimum atomic E-state index is -0.836. The first-order chi connectivity index (χ1) is 19.4. The van der Waals surface area contributed by atoms with Gasteiger partial charge in [0.05, 0.1) is 24.6 Å². The van der Waals surface area contributed by atoms with Gasteiger partial charge in [0, 0.05) is 19.6 Å². The van der Waals surface area contributed by atoms with Crippen LogP contribution in [0.1, 0.15) is 56.5 Å². The first-order valence-corrected chi connectivity index (χ1v) is 14.2. The quantitative estimate of drug-likeness (QED) is 0.194. The zero-order valence-electron chi connectivity index (χ0n) is 23.6. The third-order valence-electron chi connectivity index (χ3n) is 7.47. The summed E-state index contributed by atoms with van der Waals surface area (Å²) in [6.07, 6.45) is 3.99. The van der Waals surface area contributed by atoms with Gasteiger partial charge >= 0.3 is 5.97 Å². The Hall–Kier alpha value is -3.75. The number of hydrogen-bond acceptors (Lipinski definition) is 7. The summed E-state index contributed by atoms with van der Waals surface area (Å²) in [5.41, 5.74) is 2.88. The van der Waals surface area contributed by atoms with E-state index in [0.29, 0.717) is 17.9 Å². The molecule has 40 heavy (non-hydrogen) atoms. The zero-order chi connectivity index (χ0) is 28.0. The summed E-state index contributed by atoms with van der Waals surface area (Å²) in [6, 6.07) is 24.8. The number of ether oxygens (including phenoxy) is 2. The van der Waals surface area contributed by atoms with Crippen LogP contribution in [0.3, 0.4) is 0 Å². The van der Waals surface area contributed by atoms with Crippen molar-refractivity contribution in [3.8, 4) is 0 Å². The smallest absolute Gasteiger partial charge is 0.317 e. The van der Waals surface area contributed by atoms with E-state index >= 15 is 0 Å². The van der Waals surface area contributed by atoms with Crippen LogP contribution in [0.5, 0.6) is 0 Å². The second-order valence-corrected chi connectivity index (χ2v) is 10.8. The van der Waals surface area contributed by atoms with Crippen molar-refractivity contribution in [2.45, 2.75) is 51.2 Å². The Morgan fingerprint density at radius 3 is 2.42 bits per heavy atom. The molecule has 8 nitrogen and oxygen atoms in total. The highest BCUT2D eigenvalue weighted by Crippen LogP contribution is 2.30. The molecule has 1 aliphatic heterocycles. The Morgan fingerprint density at radius 2 is 1.75 bits per heavy atom. The van der Waals surface area contributed by atoms with E-state index in [0.717, 1.165) is 44.8 Å². The first kappa shape index (κ1) is 27.8. The summed E-state index contributed by atoms with van der Waals surface area (Å²) < 4.78 is 13.6. The predicted molar refractivity (Wildman–Crippen MR) is 156 cm³/mol. The number of anilines is 1. The number of imidazole rings is 1. The summed E-state index contributed by atoms with van der Waals surface area (Å²) in [4.78, 5) is 19.5. The fourth-order valence-corrected chi connectivity index (χ4v) is 5.12. The average molecular weight is 542 g/mol. The van der Waals surface area contributed by atoms with Crippen molar-refractivity contribution in [2.24, 2.45) is 0 Å². The van der Waals surface area contributed by atoms with E-state index in [2.05, 4.69) is 68.8 Å². The van der Waals surface area contributed by atoms with E-state index in [4.69, 9.17) is 9.47 Å². The second-order valence-electron chi connectivity index (χ2n) is 10.8. The Kier molecular flexibility index (Phi) is 8.77. The van der Waals surface area contributed by atoms with Crippen LogP contribution in [-0.4, -0.2) is 64.4 Å². The van der Waals surface area contributed by atoms with E-state index in [-0.39, 0.29) is 18.2 Å². The second kappa shape index (κ2) is 12.6. The Morgan fingerprint density at radius 1 is 1.05 bits per heavy atom. The minimum Gasteiger partial charge on any atom is -0.465 e. The van der Waals surface area contributed by atoms with Crippen molar-refractivity contribution in [1.82, 2.24) is 19.5 Å². The number of hydrogen-bond donors (Lipinski definition) is 1. The Bertz CT molecular complexity index is 1350. The molecule has 8 heteroatoms. The van der Waals surface area contributed by atoms with Crippen LogP contribution in [-0.2, 0) is 19.7 Å².